The summed E-state index contributed by atoms with van der Waals surface area (Å²) in [6, 6.07) is -0.651. The number of carbonyl (C=O) groups excluding carboxylic acids is 1. The predicted octanol–water partition coefficient (Wildman–Crippen LogP) is 0.133. The number of sulfonamides is 1. The van der Waals surface area contributed by atoms with Crippen LogP contribution in [0, 0.1) is 0 Å². The molecule has 0 radical (unpaired) electrons. The van der Waals surface area contributed by atoms with Crippen molar-refractivity contribution in [1.29, 1.82) is 0 Å². The highest BCUT2D eigenvalue weighted by atomic mass is 32.2. The van der Waals surface area contributed by atoms with Gasteiger partial charge in [-0.25, -0.2) is 8.42 Å². The van der Waals surface area contributed by atoms with Crippen molar-refractivity contribution in [2.75, 3.05) is 26.0 Å². The van der Waals surface area contributed by atoms with Crippen molar-refractivity contribution >= 4 is 16.0 Å². The fourth-order valence-electron chi connectivity index (χ4n) is 2.55. The van der Waals surface area contributed by atoms with Gasteiger partial charge in [0.1, 0.15) is 6.04 Å². The summed E-state index contributed by atoms with van der Waals surface area (Å²) in [5.74, 6) is -0.496. The number of rotatable bonds is 4. The minimum absolute atomic E-state index is 0.0273. The minimum Gasteiger partial charge on any atom is -0.468 e. The van der Waals surface area contributed by atoms with E-state index in [4.69, 9.17) is 4.74 Å². The summed E-state index contributed by atoms with van der Waals surface area (Å²) in [4.78, 5) is 11.5. The number of esters is 1. The van der Waals surface area contributed by atoms with Crippen LogP contribution in [0.3, 0.4) is 0 Å². The summed E-state index contributed by atoms with van der Waals surface area (Å²) in [6.45, 7) is 1.02. The molecule has 7 heteroatoms. The van der Waals surface area contributed by atoms with Gasteiger partial charge >= 0.3 is 5.97 Å². The smallest absolute Gasteiger partial charge is 0.324 e. The van der Waals surface area contributed by atoms with E-state index in [1.54, 1.807) is 0 Å². The van der Waals surface area contributed by atoms with Crippen LogP contribution < -0.4 is 0 Å². The highest BCUT2D eigenvalue weighted by Gasteiger charge is 2.40. The number of nitrogens with zero attached hydrogens (tertiary/aromatic N) is 1. The molecule has 0 amide bonds. The maximum atomic E-state index is 12.3. The fraction of sp³-hybridized carbons (Fsp3) is 0.909. The van der Waals surface area contributed by atoms with Gasteiger partial charge in [0, 0.05) is 13.2 Å². The molecule has 2 rings (SSSR count). The highest BCUT2D eigenvalue weighted by Crippen LogP contribution is 2.24. The van der Waals surface area contributed by atoms with Gasteiger partial charge in [-0.3, -0.25) is 4.79 Å². The lowest BCUT2D eigenvalue weighted by atomic mass is 10.2. The van der Waals surface area contributed by atoms with Crippen LogP contribution in [-0.4, -0.2) is 56.9 Å². The highest BCUT2D eigenvalue weighted by molar-refractivity contribution is 7.89. The first-order valence-corrected chi connectivity index (χ1v) is 7.84. The molecule has 0 aromatic heterocycles. The first-order chi connectivity index (χ1) is 8.54. The Balaban J connectivity index is 2.05. The van der Waals surface area contributed by atoms with E-state index >= 15 is 0 Å². The molecule has 0 bridgehead atoms. The zero-order chi connectivity index (χ0) is 13.2. The van der Waals surface area contributed by atoms with Crippen LogP contribution in [0.1, 0.15) is 25.7 Å². The van der Waals surface area contributed by atoms with E-state index in [1.807, 2.05) is 0 Å². The molecule has 2 saturated heterocycles. The van der Waals surface area contributed by atoms with E-state index in [-0.39, 0.29) is 11.9 Å². The van der Waals surface area contributed by atoms with E-state index in [9.17, 15) is 13.2 Å². The molecule has 0 N–H and O–H groups in total. The van der Waals surface area contributed by atoms with Gasteiger partial charge in [0.25, 0.3) is 0 Å². The summed E-state index contributed by atoms with van der Waals surface area (Å²) in [5, 5.41) is 0. The molecule has 2 aliphatic heterocycles. The van der Waals surface area contributed by atoms with Crippen LogP contribution in [0.25, 0.3) is 0 Å². The standard InChI is InChI=1S/C11H19NO5S/c1-16-11(13)10-5-2-6-12(10)18(14,15)8-9-4-3-7-17-9/h9-10H,2-8H2,1H3. The monoisotopic (exact) mass is 277 g/mol. The van der Waals surface area contributed by atoms with Gasteiger partial charge in [0.15, 0.2) is 0 Å². The SMILES string of the molecule is COC(=O)C1CCCN1S(=O)(=O)CC1CCCO1. The van der Waals surface area contributed by atoms with Crippen LogP contribution in [-0.2, 0) is 24.3 Å². The van der Waals surface area contributed by atoms with Crippen LogP contribution in [0.5, 0.6) is 0 Å². The van der Waals surface area contributed by atoms with Crippen molar-refractivity contribution in [2.45, 2.75) is 37.8 Å². The van der Waals surface area contributed by atoms with Crippen LogP contribution in [0.15, 0.2) is 0 Å². The number of methoxy groups -OCH3 is 1. The molecule has 0 aliphatic carbocycles. The Hall–Kier alpha value is -0.660. The molecule has 2 heterocycles. The van der Waals surface area contributed by atoms with Crippen molar-refractivity contribution in [1.82, 2.24) is 4.31 Å². The minimum atomic E-state index is -3.44. The molecule has 2 fully saturated rings. The summed E-state index contributed by atoms with van der Waals surface area (Å²) in [6.07, 6.45) is 2.69. The number of carbonyl (C=O) groups is 1. The Kier molecular flexibility index (Phi) is 4.24. The van der Waals surface area contributed by atoms with Crippen molar-refractivity contribution in [3.05, 3.63) is 0 Å². The predicted molar refractivity (Wildman–Crippen MR) is 64.5 cm³/mol. The Morgan fingerprint density at radius 1 is 1.39 bits per heavy atom. The maximum Gasteiger partial charge on any atom is 0.324 e. The lowest BCUT2D eigenvalue weighted by Gasteiger charge is -2.23. The lowest BCUT2D eigenvalue weighted by Crippen LogP contribution is -2.43. The van der Waals surface area contributed by atoms with Crippen molar-refractivity contribution < 1.29 is 22.7 Å². The molecule has 18 heavy (non-hydrogen) atoms. The number of hydrogen-bond donors (Lipinski definition) is 0. The Morgan fingerprint density at radius 3 is 2.78 bits per heavy atom. The van der Waals surface area contributed by atoms with E-state index in [0.717, 1.165) is 12.8 Å². The first kappa shape index (κ1) is 13.8. The molecular weight excluding hydrogens is 258 g/mol. The zero-order valence-electron chi connectivity index (χ0n) is 10.5. The van der Waals surface area contributed by atoms with E-state index < -0.39 is 22.0 Å². The van der Waals surface area contributed by atoms with Crippen LogP contribution in [0.4, 0.5) is 0 Å². The lowest BCUT2D eigenvalue weighted by molar-refractivity contribution is -0.144. The largest absolute Gasteiger partial charge is 0.468 e. The van der Waals surface area contributed by atoms with Crippen LogP contribution >= 0.6 is 0 Å². The third-order valence-electron chi connectivity index (χ3n) is 3.45. The van der Waals surface area contributed by atoms with Gasteiger partial charge in [-0.2, -0.15) is 4.31 Å². The molecular formula is C11H19NO5S. The molecule has 2 aliphatic rings. The molecule has 104 valence electrons. The zero-order valence-corrected chi connectivity index (χ0v) is 11.3. The van der Waals surface area contributed by atoms with Crippen LogP contribution in [0.2, 0.25) is 0 Å². The van der Waals surface area contributed by atoms with Gasteiger partial charge < -0.3 is 9.47 Å². The molecule has 0 saturated carbocycles. The maximum absolute atomic E-state index is 12.3. The molecule has 0 spiro atoms. The molecule has 6 nitrogen and oxygen atoms in total. The summed E-state index contributed by atoms with van der Waals surface area (Å²) in [7, 11) is -2.16. The third kappa shape index (κ3) is 2.84. The molecule has 0 aromatic rings. The molecule has 2 atom stereocenters. The third-order valence-corrected chi connectivity index (χ3v) is 5.40. The van der Waals surface area contributed by atoms with Gasteiger partial charge in [0.2, 0.25) is 10.0 Å². The first-order valence-electron chi connectivity index (χ1n) is 6.23. The van der Waals surface area contributed by atoms with Gasteiger partial charge in [0.05, 0.1) is 19.0 Å². The quantitative estimate of drug-likeness (QED) is 0.683. The second-order valence-electron chi connectivity index (χ2n) is 4.71. The number of ether oxygens (including phenoxy) is 2. The molecule has 0 aromatic carbocycles. The Labute approximate surface area is 107 Å². The second kappa shape index (κ2) is 5.54. The van der Waals surface area contributed by atoms with Gasteiger partial charge in [-0.1, -0.05) is 0 Å². The van der Waals surface area contributed by atoms with E-state index in [2.05, 4.69) is 4.74 Å². The topological polar surface area (TPSA) is 72.9 Å². The normalized spacial score (nSPS) is 29.6. The van der Waals surface area contributed by atoms with Crippen molar-refractivity contribution in [2.24, 2.45) is 0 Å². The molecule has 2 unspecified atom stereocenters. The average molecular weight is 277 g/mol. The van der Waals surface area contributed by atoms with Crippen molar-refractivity contribution in [3.63, 3.8) is 0 Å². The van der Waals surface area contributed by atoms with E-state index in [0.29, 0.717) is 26.0 Å². The Morgan fingerprint density at radius 2 is 2.17 bits per heavy atom. The van der Waals surface area contributed by atoms with Gasteiger partial charge in [-0.15, -0.1) is 0 Å². The van der Waals surface area contributed by atoms with Gasteiger partial charge in [-0.05, 0) is 25.7 Å². The fourth-order valence-corrected chi connectivity index (χ4v) is 4.46. The van der Waals surface area contributed by atoms with E-state index in [1.165, 1.54) is 11.4 Å². The second-order valence-corrected chi connectivity index (χ2v) is 6.67. The van der Waals surface area contributed by atoms with Crippen molar-refractivity contribution in [3.8, 4) is 0 Å². The summed E-state index contributed by atoms with van der Waals surface area (Å²) < 4.78 is 35.8. The Bertz CT molecular complexity index is 402. The average Bonchev–Trinajstić information content (AvgIpc) is 2.97. The summed E-state index contributed by atoms with van der Waals surface area (Å²) in [5.41, 5.74) is 0. The summed E-state index contributed by atoms with van der Waals surface area (Å²) >= 11 is 0. The number of hydrogen-bond acceptors (Lipinski definition) is 5.